The first-order chi connectivity index (χ1) is 9.08. The lowest BCUT2D eigenvalue weighted by Gasteiger charge is -2.34. The second-order valence-corrected chi connectivity index (χ2v) is 6.30. The predicted octanol–water partition coefficient (Wildman–Crippen LogP) is 4.18. The standard InChI is InChI=1S/C16H32N2O/c1-5-15(6-2)18(12-13(3)4)16(19)17-14-10-8-7-9-11-14/h13-15H,5-12H2,1-4H3,(H,17,19). The maximum Gasteiger partial charge on any atom is 0.317 e. The summed E-state index contributed by atoms with van der Waals surface area (Å²) in [4.78, 5) is 14.6. The van der Waals surface area contributed by atoms with Crippen molar-refractivity contribution in [2.45, 2.75) is 84.7 Å². The molecular formula is C16H32N2O. The van der Waals surface area contributed by atoms with Crippen LogP contribution in [0.4, 0.5) is 4.79 Å². The van der Waals surface area contributed by atoms with Crippen molar-refractivity contribution in [3.63, 3.8) is 0 Å². The fourth-order valence-electron chi connectivity index (χ4n) is 3.03. The lowest BCUT2D eigenvalue weighted by Crippen LogP contribution is -2.50. The molecule has 1 aliphatic carbocycles. The Balaban J connectivity index is 2.58. The third-order valence-corrected chi connectivity index (χ3v) is 4.14. The van der Waals surface area contributed by atoms with Gasteiger partial charge in [-0.1, -0.05) is 47.0 Å². The molecule has 3 heteroatoms. The molecule has 0 aliphatic heterocycles. The molecule has 0 spiro atoms. The minimum Gasteiger partial charge on any atom is -0.335 e. The topological polar surface area (TPSA) is 32.3 Å². The van der Waals surface area contributed by atoms with E-state index in [1.165, 1.54) is 19.3 Å². The van der Waals surface area contributed by atoms with E-state index in [-0.39, 0.29) is 6.03 Å². The van der Waals surface area contributed by atoms with Crippen LogP contribution in [0.3, 0.4) is 0 Å². The number of carbonyl (C=O) groups excluding carboxylic acids is 1. The quantitative estimate of drug-likeness (QED) is 0.770. The summed E-state index contributed by atoms with van der Waals surface area (Å²) >= 11 is 0. The average Bonchev–Trinajstić information content (AvgIpc) is 2.39. The van der Waals surface area contributed by atoms with E-state index in [9.17, 15) is 4.79 Å². The van der Waals surface area contributed by atoms with Gasteiger partial charge < -0.3 is 10.2 Å². The first-order valence-electron chi connectivity index (χ1n) is 8.15. The minimum atomic E-state index is 0.161. The minimum absolute atomic E-state index is 0.161. The molecule has 1 N–H and O–H groups in total. The van der Waals surface area contributed by atoms with E-state index >= 15 is 0 Å². The molecule has 1 rings (SSSR count). The van der Waals surface area contributed by atoms with Crippen LogP contribution in [0.5, 0.6) is 0 Å². The van der Waals surface area contributed by atoms with E-state index in [1.807, 2.05) is 0 Å². The molecule has 0 unspecified atom stereocenters. The van der Waals surface area contributed by atoms with Gasteiger partial charge in [0.1, 0.15) is 0 Å². The third kappa shape index (κ3) is 5.42. The van der Waals surface area contributed by atoms with E-state index in [0.717, 1.165) is 32.2 Å². The Morgan fingerprint density at radius 3 is 2.21 bits per heavy atom. The highest BCUT2D eigenvalue weighted by molar-refractivity contribution is 5.75. The Morgan fingerprint density at radius 1 is 1.16 bits per heavy atom. The summed E-state index contributed by atoms with van der Waals surface area (Å²) in [6.07, 6.45) is 8.26. The molecule has 112 valence electrons. The van der Waals surface area contributed by atoms with Gasteiger partial charge in [-0.3, -0.25) is 0 Å². The number of nitrogens with zero attached hydrogens (tertiary/aromatic N) is 1. The van der Waals surface area contributed by atoms with Crippen LogP contribution in [0, 0.1) is 5.92 Å². The van der Waals surface area contributed by atoms with E-state index < -0.39 is 0 Å². The molecule has 1 fully saturated rings. The monoisotopic (exact) mass is 268 g/mol. The smallest absolute Gasteiger partial charge is 0.317 e. The number of carbonyl (C=O) groups is 1. The fourth-order valence-corrected chi connectivity index (χ4v) is 3.03. The summed E-state index contributed by atoms with van der Waals surface area (Å²) in [6.45, 7) is 9.59. The van der Waals surface area contributed by atoms with Gasteiger partial charge in [0.2, 0.25) is 0 Å². The normalized spacial score (nSPS) is 16.9. The summed E-state index contributed by atoms with van der Waals surface area (Å²) < 4.78 is 0. The Hall–Kier alpha value is -0.730. The maximum atomic E-state index is 12.5. The van der Waals surface area contributed by atoms with Crippen molar-refractivity contribution in [3.8, 4) is 0 Å². The van der Waals surface area contributed by atoms with Crippen molar-refractivity contribution >= 4 is 6.03 Å². The van der Waals surface area contributed by atoms with Crippen LogP contribution >= 0.6 is 0 Å². The van der Waals surface area contributed by atoms with Crippen LogP contribution in [-0.4, -0.2) is 29.6 Å². The summed E-state index contributed by atoms with van der Waals surface area (Å²) in [5.74, 6) is 0.526. The van der Waals surface area contributed by atoms with Gasteiger partial charge in [-0.25, -0.2) is 4.79 Å². The van der Waals surface area contributed by atoms with E-state index in [1.54, 1.807) is 0 Å². The van der Waals surface area contributed by atoms with Crippen LogP contribution < -0.4 is 5.32 Å². The van der Waals surface area contributed by atoms with Crippen LogP contribution in [0.2, 0.25) is 0 Å². The summed E-state index contributed by atoms with van der Waals surface area (Å²) in [7, 11) is 0. The van der Waals surface area contributed by atoms with Gasteiger partial charge in [0.05, 0.1) is 0 Å². The van der Waals surface area contributed by atoms with Crippen molar-refractivity contribution in [2.24, 2.45) is 5.92 Å². The van der Waals surface area contributed by atoms with Crippen LogP contribution in [-0.2, 0) is 0 Å². The Bertz CT molecular complexity index is 255. The lowest BCUT2D eigenvalue weighted by atomic mass is 9.95. The van der Waals surface area contributed by atoms with Crippen molar-refractivity contribution in [1.29, 1.82) is 0 Å². The third-order valence-electron chi connectivity index (χ3n) is 4.14. The fraction of sp³-hybridized carbons (Fsp3) is 0.938. The first-order valence-corrected chi connectivity index (χ1v) is 8.15. The molecule has 0 radical (unpaired) electrons. The second-order valence-electron chi connectivity index (χ2n) is 6.30. The van der Waals surface area contributed by atoms with Crippen LogP contribution in [0.15, 0.2) is 0 Å². The number of hydrogen-bond acceptors (Lipinski definition) is 1. The van der Waals surface area contributed by atoms with Gasteiger partial charge in [0.15, 0.2) is 0 Å². The van der Waals surface area contributed by atoms with Gasteiger partial charge in [-0.2, -0.15) is 0 Å². The Labute approximate surface area is 119 Å². The van der Waals surface area contributed by atoms with E-state index in [0.29, 0.717) is 18.0 Å². The molecule has 3 nitrogen and oxygen atoms in total. The zero-order valence-electron chi connectivity index (χ0n) is 13.2. The Morgan fingerprint density at radius 2 is 1.74 bits per heavy atom. The van der Waals surface area contributed by atoms with Crippen molar-refractivity contribution in [3.05, 3.63) is 0 Å². The number of amides is 2. The number of nitrogens with one attached hydrogen (secondary N) is 1. The van der Waals surface area contributed by atoms with Crippen molar-refractivity contribution < 1.29 is 4.79 Å². The molecule has 0 bridgehead atoms. The summed E-state index contributed by atoms with van der Waals surface area (Å²) in [6, 6.07) is 0.950. The lowest BCUT2D eigenvalue weighted by molar-refractivity contribution is 0.154. The van der Waals surface area contributed by atoms with Crippen LogP contribution in [0.1, 0.15) is 72.6 Å². The zero-order chi connectivity index (χ0) is 14.3. The SMILES string of the molecule is CCC(CC)N(CC(C)C)C(=O)NC1CCCCC1. The molecule has 0 aromatic carbocycles. The maximum absolute atomic E-state index is 12.5. The van der Waals surface area contributed by atoms with E-state index in [2.05, 4.69) is 37.9 Å². The summed E-state index contributed by atoms with van der Waals surface area (Å²) in [5, 5.41) is 3.26. The first kappa shape index (κ1) is 16.3. The number of hydrogen-bond donors (Lipinski definition) is 1. The van der Waals surface area contributed by atoms with Gasteiger partial charge in [0, 0.05) is 18.6 Å². The predicted molar refractivity (Wildman–Crippen MR) is 81.3 cm³/mol. The molecular weight excluding hydrogens is 236 g/mol. The number of rotatable bonds is 6. The highest BCUT2D eigenvalue weighted by Crippen LogP contribution is 2.19. The van der Waals surface area contributed by atoms with Gasteiger partial charge >= 0.3 is 6.03 Å². The van der Waals surface area contributed by atoms with Crippen molar-refractivity contribution in [1.82, 2.24) is 10.2 Å². The molecule has 1 saturated carbocycles. The molecule has 0 aromatic rings. The molecule has 2 amide bonds. The van der Waals surface area contributed by atoms with Gasteiger partial charge in [0.25, 0.3) is 0 Å². The molecule has 19 heavy (non-hydrogen) atoms. The molecule has 0 saturated heterocycles. The highest BCUT2D eigenvalue weighted by atomic mass is 16.2. The Kier molecular flexibility index (Phi) is 7.25. The molecule has 0 heterocycles. The molecule has 0 atom stereocenters. The summed E-state index contributed by atoms with van der Waals surface area (Å²) in [5.41, 5.74) is 0. The highest BCUT2D eigenvalue weighted by Gasteiger charge is 2.24. The van der Waals surface area contributed by atoms with Gasteiger partial charge in [-0.05, 0) is 31.6 Å². The number of urea groups is 1. The van der Waals surface area contributed by atoms with Gasteiger partial charge in [-0.15, -0.1) is 0 Å². The average molecular weight is 268 g/mol. The van der Waals surface area contributed by atoms with Crippen molar-refractivity contribution in [2.75, 3.05) is 6.54 Å². The zero-order valence-corrected chi connectivity index (χ0v) is 13.2. The second kappa shape index (κ2) is 8.44. The molecule has 0 aromatic heterocycles. The van der Waals surface area contributed by atoms with E-state index in [4.69, 9.17) is 0 Å². The molecule has 1 aliphatic rings. The largest absolute Gasteiger partial charge is 0.335 e. The van der Waals surface area contributed by atoms with Crippen LogP contribution in [0.25, 0.3) is 0 Å².